The number of ketones is 1. The smallest absolute Gasteiger partial charge is 0.337 e. The zero-order chi connectivity index (χ0) is 19.6. The highest BCUT2D eigenvalue weighted by Crippen LogP contribution is 2.29. The van der Waals surface area contributed by atoms with Crippen LogP contribution in [0.4, 0.5) is 0 Å². The maximum absolute atomic E-state index is 12.3. The third kappa shape index (κ3) is 5.70. The quantitative estimate of drug-likeness (QED) is 0.359. The van der Waals surface area contributed by atoms with E-state index in [0.717, 1.165) is 12.8 Å². The number of ether oxygens (including phenoxy) is 4. The van der Waals surface area contributed by atoms with Crippen LogP contribution in [0.25, 0.3) is 0 Å². The van der Waals surface area contributed by atoms with Crippen LogP contribution < -0.4 is 14.2 Å². The second kappa shape index (κ2) is 10.2. The minimum Gasteiger partial charge on any atom is -0.490 e. The molecule has 0 aliphatic heterocycles. The largest absolute Gasteiger partial charge is 0.490 e. The number of rotatable bonds is 10. The number of methoxy groups -OCH3 is 2. The van der Waals surface area contributed by atoms with Gasteiger partial charge in [0.15, 0.2) is 18.1 Å². The molecule has 27 heavy (non-hydrogen) atoms. The summed E-state index contributed by atoms with van der Waals surface area (Å²) in [6.45, 7) is 2.34. The van der Waals surface area contributed by atoms with E-state index in [4.69, 9.17) is 18.9 Å². The Morgan fingerprint density at radius 2 is 1.78 bits per heavy atom. The molecule has 0 atom stereocenters. The molecule has 0 aliphatic rings. The summed E-state index contributed by atoms with van der Waals surface area (Å²) < 4.78 is 21.0. The maximum atomic E-state index is 12.3. The van der Waals surface area contributed by atoms with Crippen LogP contribution in [0, 0.1) is 0 Å². The van der Waals surface area contributed by atoms with E-state index in [1.54, 1.807) is 30.3 Å². The minimum atomic E-state index is -0.470. The molecule has 0 fully saturated rings. The maximum Gasteiger partial charge on any atom is 0.337 e. The first-order valence-electron chi connectivity index (χ1n) is 8.60. The fourth-order valence-corrected chi connectivity index (χ4v) is 2.20. The van der Waals surface area contributed by atoms with E-state index in [1.165, 1.54) is 20.4 Å². The number of nitrogens with zero attached hydrogens (tertiary/aromatic N) is 1. The number of carbonyl (C=O) groups excluding carboxylic acids is 2. The number of carbonyl (C=O) groups is 2. The van der Waals surface area contributed by atoms with Crippen molar-refractivity contribution < 1.29 is 28.5 Å². The van der Waals surface area contributed by atoms with Gasteiger partial charge in [-0.05, 0) is 30.7 Å². The third-order valence-corrected chi connectivity index (χ3v) is 3.75. The summed E-state index contributed by atoms with van der Waals surface area (Å²) in [5.41, 5.74) is 0.762. The molecule has 0 saturated carbocycles. The van der Waals surface area contributed by atoms with Crippen molar-refractivity contribution in [3.05, 3.63) is 47.7 Å². The van der Waals surface area contributed by atoms with Gasteiger partial charge in [0.1, 0.15) is 0 Å². The first kappa shape index (κ1) is 20.2. The normalized spacial score (nSPS) is 10.2. The van der Waals surface area contributed by atoms with Gasteiger partial charge in [-0.25, -0.2) is 9.78 Å². The SMILES string of the molecule is CCCCOc1cc(C(=O)OC)ccc1OCC(=O)c1ccc(OC)nc1. The number of pyridine rings is 1. The Kier molecular flexibility index (Phi) is 7.61. The molecule has 0 N–H and O–H groups in total. The summed E-state index contributed by atoms with van der Waals surface area (Å²) in [6.07, 6.45) is 3.26. The summed E-state index contributed by atoms with van der Waals surface area (Å²) in [4.78, 5) is 28.0. The molecule has 7 heteroatoms. The lowest BCUT2D eigenvalue weighted by Gasteiger charge is -2.13. The van der Waals surface area contributed by atoms with Crippen molar-refractivity contribution >= 4 is 11.8 Å². The van der Waals surface area contributed by atoms with Crippen molar-refractivity contribution in [2.45, 2.75) is 19.8 Å². The van der Waals surface area contributed by atoms with Crippen molar-refractivity contribution in [2.24, 2.45) is 0 Å². The summed E-state index contributed by atoms with van der Waals surface area (Å²) in [7, 11) is 2.82. The van der Waals surface area contributed by atoms with Gasteiger partial charge in [0.2, 0.25) is 11.7 Å². The molecule has 0 saturated heterocycles. The first-order valence-corrected chi connectivity index (χ1v) is 8.60. The van der Waals surface area contributed by atoms with Gasteiger partial charge in [-0.3, -0.25) is 4.79 Å². The number of Topliss-reactive ketones (excluding diaryl/α,β-unsaturated/α-hetero) is 1. The molecular weight excluding hydrogens is 350 g/mol. The van der Waals surface area contributed by atoms with E-state index in [9.17, 15) is 9.59 Å². The molecule has 0 radical (unpaired) electrons. The van der Waals surface area contributed by atoms with Crippen LogP contribution in [0.15, 0.2) is 36.5 Å². The van der Waals surface area contributed by atoms with Crippen molar-refractivity contribution in [1.29, 1.82) is 0 Å². The number of hydrogen-bond acceptors (Lipinski definition) is 7. The van der Waals surface area contributed by atoms with Crippen LogP contribution in [0.5, 0.6) is 17.4 Å². The lowest BCUT2D eigenvalue weighted by Crippen LogP contribution is -2.13. The van der Waals surface area contributed by atoms with Gasteiger partial charge in [0, 0.05) is 17.8 Å². The highest BCUT2D eigenvalue weighted by molar-refractivity contribution is 5.97. The van der Waals surface area contributed by atoms with Crippen LogP contribution in [0.3, 0.4) is 0 Å². The topological polar surface area (TPSA) is 84.0 Å². The number of esters is 1. The Morgan fingerprint density at radius 3 is 2.41 bits per heavy atom. The molecule has 0 spiro atoms. The van der Waals surface area contributed by atoms with Gasteiger partial charge >= 0.3 is 5.97 Å². The van der Waals surface area contributed by atoms with E-state index in [2.05, 4.69) is 4.98 Å². The second-order valence-corrected chi connectivity index (χ2v) is 5.66. The van der Waals surface area contributed by atoms with Crippen molar-refractivity contribution in [3.63, 3.8) is 0 Å². The minimum absolute atomic E-state index is 0.185. The van der Waals surface area contributed by atoms with E-state index in [0.29, 0.717) is 35.1 Å². The van der Waals surface area contributed by atoms with Crippen LogP contribution in [0.1, 0.15) is 40.5 Å². The van der Waals surface area contributed by atoms with Crippen LogP contribution in [0.2, 0.25) is 0 Å². The van der Waals surface area contributed by atoms with Crippen LogP contribution in [-0.4, -0.2) is 44.2 Å². The highest BCUT2D eigenvalue weighted by atomic mass is 16.5. The number of benzene rings is 1. The second-order valence-electron chi connectivity index (χ2n) is 5.66. The predicted molar refractivity (Wildman–Crippen MR) is 98.8 cm³/mol. The van der Waals surface area contributed by atoms with Gasteiger partial charge < -0.3 is 18.9 Å². The molecule has 0 aliphatic carbocycles. The molecule has 0 amide bonds. The Bertz CT molecular complexity index is 773. The molecule has 0 bridgehead atoms. The average molecular weight is 373 g/mol. The summed E-state index contributed by atoms with van der Waals surface area (Å²) in [6, 6.07) is 7.94. The molecular formula is C20H23NO6. The summed E-state index contributed by atoms with van der Waals surface area (Å²) >= 11 is 0. The van der Waals surface area contributed by atoms with E-state index >= 15 is 0 Å². The highest BCUT2D eigenvalue weighted by Gasteiger charge is 2.14. The van der Waals surface area contributed by atoms with Gasteiger partial charge in [0.25, 0.3) is 0 Å². The van der Waals surface area contributed by atoms with Crippen molar-refractivity contribution in [1.82, 2.24) is 4.98 Å². The number of unbranched alkanes of at least 4 members (excludes halogenated alkanes) is 1. The molecule has 144 valence electrons. The van der Waals surface area contributed by atoms with Gasteiger partial charge in [-0.15, -0.1) is 0 Å². The molecule has 1 aromatic carbocycles. The molecule has 2 aromatic rings. The van der Waals surface area contributed by atoms with Gasteiger partial charge in [-0.1, -0.05) is 13.3 Å². The van der Waals surface area contributed by atoms with Gasteiger partial charge in [0.05, 0.1) is 26.4 Å². The molecule has 0 unspecified atom stereocenters. The zero-order valence-electron chi connectivity index (χ0n) is 15.7. The average Bonchev–Trinajstić information content (AvgIpc) is 2.72. The molecule has 7 nitrogen and oxygen atoms in total. The molecule has 2 rings (SSSR count). The van der Waals surface area contributed by atoms with E-state index in [-0.39, 0.29) is 12.4 Å². The van der Waals surface area contributed by atoms with Crippen LogP contribution >= 0.6 is 0 Å². The Balaban J connectivity index is 2.10. The first-order chi connectivity index (χ1) is 13.1. The van der Waals surface area contributed by atoms with Crippen LogP contribution in [-0.2, 0) is 4.74 Å². The third-order valence-electron chi connectivity index (χ3n) is 3.75. The lowest BCUT2D eigenvalue weighted by molar-refractivity contribution is 0.0599. The monoisotopic (exact) mass is 373 g/mol. The van der Waals surface area contributed by atoms with Crippen molar-refractivity contribution in [3.8, 4) is 17.4 Å². The van der Waals surface area contributed by atoms with Crippen molar-refractivity contribution in [2.75, 3.05) is 27.4 Å². The fraction of sp³-hybridized carbons (Fsp3) is 0.350. The predicted octanol–water partition coefficient (Wildman–Crippen LogP) is 3.32. The Morgan fingerprint density at radius 1 is 1.00 bits per heavy atom. The standard InChI is InChI=1S/C20H23NO6/c1-4-5-10-26-18-11-14(20(23)25-3)6-8-17(18)27-13-16(22)15-7-9-19(24-2)21-12-15/h6-9,11-12H,4-5,10,13H2,1-3H3. The van der Waals surface area contributed by atoms with E-state index < -0.39 is 5.97 Å². The number of hydrogen-bond donors (Lipinski definition) is 0. The summed E-state index contributed by atoms with van der Waals surface area (Å²) in [5.74, 6) is 0.502. The number of aromatic nitrogens is 1. The fourth-order valence-electron chi connectivity index (χ4n) is 2.20. The van der Waals surface area contributed by atoms with Gasteiger partial charge in [-0.2, -0.15) is 0 Å². The van der Waals surface area contributed by atoms with E-state index in [1.807, 2.05) is 6.92 Å². The molecule has 1 heterocycles. The Labute approximate surface area is 158 Å². The molecule has 1 aromatic heterocycles. The lowest BCUT2D eigenvalue weighted by atomic mass is 10.2. The zero-order valence-corrected chi connectivity index (χ0v) is 15.7. The Hall–Kier alpha value is -3.09. The summed E-state index contributed by atoms with van der Waals surface area (Å²) in [5, 5.41) is 0.